The van der Waals surface area contributed by atoms with Gasteiger partial charge in [-0.05, 0) is 67.5 Å². The number of nitrogens with one attached hydrogen (secondary N) is 3. The van der Waals surface area contributed by atoms with Gasteiger partial charge in [-0.25, -0.2) is 0 Å². The first kappa shape index (κ1) is 22.8. The van der Waals surface area contributed by atoms with Gasteiger partial charge in [0.15, 0.2) is 5.11 Å². The number of carbonyl (C=O) groups excluding carboxylic acids is 2. The first-order valence-electron chi connectivity index (χ1n) is 9.23. The van der Waals surface area contributed by atoms with Crippen LogP contribution in [-0.4, -0.2) is 30.1 Å². The maximum Gasteiger partial charge on any atom is 0.261 e. The van der Waals surface area contributed by atoms with Crippen LogP contribution in [0.15, 0.2) is 46.9 Å². The Morgan fingerprint density at radius 2 is 1.79 bits per heavy atom. The van der Waals surface area contributed by atoms with Crippen molar-refractivity contribution in [2.24, 2.45) is 5.92 Å². The van der Waals surface area contributed by atoms with Crippen molar-refractivity contribution in [3.8, 4) is 5.75 Å². The molecule has 0 radical (unpaired) electrons. The average Bonchev–Trinajstić information content (AvgIpc) is 2.67. The zero-order valence-electron chi connectivity index (χ0n) is 16.5. The number of rotatable bonds is 7. The van der Waals surface area contributed by atoms with Crippen LogP contribution in [0, 0.1) is 5.92 Å². The normalized spacial score (nSPS) is 10.4. The summed E-state index contributed by atoms with van der Waals surface area (Å²) in [7, 11) is 0. The molecule has 0 unspecified atom stereocenters. The molecule has 0 aliphatic rings. The van der Waals surface area contributed by atoms with E-state index in [0.717, 1.165) is 4.47 Å². The molecule has 0 spiro atoms. The number of hydrogen-bond acceptors (Lipinski definition) is 4. The quantitative estimate of drug-likeness (QED) is 0.516. The summed E-state index contributed by atoms with van der Waals surface area (Å²) in [5, 5.41) is 8.48. The smallest absolute Gasteiger partial charge is 0.261 e. The van der Waals surface area contributed by atoms with Crippen molar-refractivity contribution < 1.29 is 14.3 Å². The van der Waals surface area contributed by atoms with Crippen LogP contribution in [0.25, 0.3) is 0 Å². The third kappa shape index (κ3) is 7.14. The van der Waals surface area contributed by atoms with E-state index >= 15 is 0 Å². The number of ether oxygens (including phenoxy) is 1. The second-order valence-corrected chi connectivity index (χ2v) is 8.01. The molecular weight excluding hydrogens is 454 g/mol. The Bertz CT molecular complexity index is 885. The minimum Gasteiger partial charge on any atom is -0.492 e. The lowest BCUT2D eigenvalue weighted by molar-refractivity contribution is 0.0952. The largest absolute Gasteiger partial charge is 0.492 e. The van der Waals surface area contributed by atoms with Gasteiger partial charge in [0.05, 0.1) is 12.2 Å². The van der Waals surface area contributed by atoms with Crippen LogP contribution < -0.4 is 20.7 Å². The molecule has 0 saturated heterocycles. The second-order valence-electron chi connectivity index (χ2n) is 6.69. The van der Waals surface area contributed by atoms with Crippen molar-refractivity contribution in [2.45, 2.75) is 20.8 Å². The van der Waals surface area contributed by atoms with E-state index in [9.17, 15) is 9.59 Å². The van der Waals surface area contributed by atoms with Crippen LogP contribution in [0.4, 0.5) is 5.69 Å². The van der Waals surface area contributed by atoms with E-state index in [0.29, 0.717) is 41.6 Å². The van der Waals surface area contributed by atoms with Crippen molar-refractivity contribution in [3.05, 3.63) is 58.1 Å². The van der Waals surface area contributed by atoms with Gasteiger partial charge in [-0.15, -0.1) is 0 Å². The number of thiocarbonyl (C=S) groups is 1. The number of benzene rings is 2. The molecule has 3 N–H and O–H groups in total. The highest BCUT2D eigenvalue weighted by Gasteiger charge is 2.15. The second kappa shape index (κ2) is 10.9. The Labute approximate surface area is 184 Å². The van der Waals surface area contributed by atoms with Crippen LogP contribution in [0.5, 0.6) is 5.75 Å². The standard InChI is InChI=1S/C21H24BrN3O3S/c1-4-23-19(26)14-5-8-16(9-6-14)24-21(29)25-20(27)17-11-15(22)7-10-18(17)28-12-13(2)3/h5-11,13H,4,12H2,1-3H3,(H,23,26)(H2,24,25,27,29). The predicted octanol–water partition coefficient (Wildman–Crippen LogP) is 4.36. The maximum absolute atomic E-state index is 12.7. The van der Waals surface area contributed by atoms with Gasteiger partial charge in [-0.3, -0.25) is 14.9 Å². The highest BCUT2D eigenvalue weighted by Crippen LogP contribution is 2.24. The molecule has 0 fully saturated rings. The third-order valence-corrected chi connectivity index (χ3v) is 4.43. The van der Waals surface area contributed by atoms with Crippen LogP contribution in [0.3, 0.4) is 0 Å². The number of halogens is 1. The number of amides is 2. The molecular formula is C21H24BrN3O3S. The monoisotopic (exact) mass is 477 g/mol. The summed E-state index contributed by atoms with van der Waals surface area (Å²) in [4.78, 5) is 24.5. The molecule has 0 heterocycles. The van der Waals surface area contributed by atoms with Gasteiger partial charge in [0, 0.05) is 22.3 Å². The minimum atomic E-state index is -0.374. The summed E-state index contributed by atoms with van der Waals surface area (Å²) in [5.41, 5.74) is 1.60. The van der Waals surface area contributed by atoms with Crippen LogP contribution in [0.1, 0.15) is 41.5 Å². The zero-order valence-corrected chi connectivity index (χ0v) is 18.9. The molecule has 2 aromatic rings. The molecule has 154 valence electrons. The Morgan fingerprint density at radius 3 is 2.41 bits per heavy atom. The number of carbonyl (C=O) groups is 2. The topological polar surface area (TPSA) is 79.5 Å². The molecule has 2 aromatic carbocycles. The molecule has 2 amide bonds. The van der Waals surface area contributed by atoms with Crippen molar-refractivity contribution in [1.29, 1.82) is 0 Å². The van der Waals surface area contributed by atoms with Crippen LogP contribution >= 0.6 is 28.1 Å². The van der Waals surface area contributed by atoms with Crippen molar-refractivity contribution in [3.63, 3.8) is 0 Å². The third-order valence-electron chi connectivity index (χ3n) is 3.73. The Kier molecular flexibility index (Phi) is 8.60. The van der Waals surface area contributed by atoms with E-state index in [2.05, 4.69) is 31.9 Å². The van der Waals surface area contributed by atoms with Crippen molar-refractivity contribution in [1.82, 2.24) is 10.6 Å². The zero-order chi connectivity index (χ0) is 21.4. The molecule has 6 nitrogen and oxygen atoms in total. The molecule has 2 rings (SSSR count). The molecule has 0 aliphatic heterocycles. The lowest BCUT2D eigenvalue weighted by Crippen LogP contribution is -2.34. The van der Waals surface area contributed by atoms with Crippen molar-refractivity contribution >= 4 is 50.8 Å². The van der Waals surface area contributed by atoms with Gasteiger partial charge in [0.2, 0.25) is 0 Å². The van der Waals surface area contributed by atoms with Gasteiger partial charge < -0.3 is 15.4 Å². The fraction of sp³-hybridized carbons (Fsp3) is 0.286. The maximum atomic E-state index is 12.7. The molecule has 29 heavy (non-hydrogen) atoms. The summed E-state index contributed by atoms with van der Waals surface area (Å²) < 4.78 is 6.51. The predicted molar refractivity (Wildman–Crippen MR) is 123 cm³/mol. The molecule has 0 aromatic heterocycles. The molecule has 0 aliphatic carbocycles. The number of anilines is 1. The van der Waals surface area contributed by atoms with E-state index < -0.39 is 0 Å². The van der Waals surface area contributed by atoms with Crippen molar-refractivity contribution in [2.75, 3.05) is 18.5 Å². The summed E-state index contributed by atoms with van der Waals surface area (Å²) in [5.74, 6) is 0.313. The van der Waals surface area contributed by atoms with E-state index in [1.54, 1.807) is 36.4 Å². The van der Waals surface area contributed by atoms with E-state index in [1.807, 2.05) is 26.8 Å². The summed E-state index contributed by atoms with van der Waals surface area (Å²) >= 11 is 8.62. The number of hydrogen-bond donors (Lipinski definition) is 3. The highest BCUT2D eigenvalue weighted by atomic mass is 79.9. The fourth-order valence-electron chi connectivity index (χ4n) is 2.36. The lowest BCUT2D eigenvalue weighted by atomic mass is 10.2. The molecule has 0 saturated carbocycles. The molecule has 0 bridgehead atoms. The summed E-state index contributed by atoms with van der Waals surface area (Å²) in [6, 6.07) is 12.1. The molecule has 8 heteroatoms. The van der Waals surface area contributed by atoms with E-state index in [-0.39, 0.29) is 16.9 Å². The fourth-order valence-corrected chi connectivity index (χ4v) is 2.93. The highest BCUT2D eigenvalue weighted by molar-refractivity contribution is 9.10. The van der Waals surface area contributed by atoms with Gasteiger partial charge in [-0.2, -0.15) is 0 Å². The Balaban J connectivity index is 2.03. The summed E-state index contributed by atoms with van der Waals surface area (Å²) in [6.45, 7) is 7.00. The van der Waals surface area contributed by atoms with E-state index in [1.165, 1.54) is 0 Å². The Morgan fingerprint density at radius 1 is 1.10 bits per heavy atom. The van der Waals surface area contributed by atoms with Gasteiger partial charge in [-0.1, -0.05) is 29.8 Å². The van der Waals surface area contributed by atoms with E-state index in [4.69, 9.17) is 17.0 Å². The van der Waals surface area contributed by atoms with Gasteiger partial charge >= 0.3 is 0 Å². The minimum absolute atomic E-state index is 0.140. The lowest BCUT2D eigenvalue weighted by Gasteiger charge is -2.14. The van der Waals surface area contributed by atoms with Gasteiger partial charge in [0.1, 0.15) is 5.75 Å². The van der Waals surface area contributed by atoms with Gasteiger partial charge in [0.25, 0.3) is 11.8 Å². The summed E-state index contributed by atoms with van der Waals surface area (Å²) in [6.07, 6.45) is 0. The van der Waals surface area contributed by atoms with Crippen LogP contribution in [0.2, 0.25) is 0 Å². The SMILES string of the molecule is CCNC(=O)c1ccc(NC(=S)NC(=O)c2cc(Br)ccc2OCC(C)C)cc1. The Hall–Kier alpha value is -2.45. The first-order chi connectivity index (χ1) is 13.8. The average molecular weight is 478 g/mol. The van der Waals surface area contributed by atoms with Crippen LogP contribution in [-0.2, 0) is 0 Å². The first-order valence-corrected chi connectivity index (χ1v) is 10.4. The molecule has 0 atom stereocenters.